The Kier molecular flexibility index (Phi) is 2.25. The number of phenolic OH excluding ortho intramolecular Hbond substituents is 1. The summed E-state index contributed by atoms with van der Waals surface area (Å²) in [5.41, 5.74) is 2.10. The lowest BCUT2D eigenvalue weighted by atomic mass is 10.1. The monoisotopic (exact) mass is 210 g/mol. The van der Waals surface area contributed by atoms with Crippen LogP contribution < -0.4 is 0 Å². The molecule has 0 aliphatic carbocycles. The van der Waals surface area contributed by atoms with Gasteiger partial charge in [-0.25, -0.2) is 0 Å². The molecule has 1 heterocycles. The normalized spacial score (nSPS) is 10.2. The molecule has 0 atom stereocenters. The predicted molar refractivity (Wildman–Crippen MR) is 56.4 cm³/mol. The first kappa shape index (κ1) is 8.60. The fourth-order valence-corrected chi connectivity index (χ4v) is 1.90. The van der Waals surface area contributed by atoms with Crippen LogP contribution in [-0.4, -0.2) is 5.11 Å². The first-order valence-electron chi connectivity index (χ1n) is 3.78. The van der Waals surface area contributed by atoms with E-state index in [4.69, 9.17) is 11.6 Å². The van der Waals surface area contributed by atoms with E-state index in [1.54, 1.807) is 23.5 Å². The highest BCUT2D eigenvalue weighted by molar-refractivity contribution is 7.08. The molecule has 1 aromatic heterocycles. The van der Waals surface area contributed by atoms with E-state index >= 15 is 0 Å². The van der Waals surface area contributed by atoms with Gasteiger partial charge in [-0.1, -0.05) is 17.7 Å². The van der Waals surface area contributed by atoms with Crippen molar-refractivity contribution in [2.24, 2.45) is 0 Å². The minimum atomic E-state index is 0.130. The van der Waals surface area contributed by atoms with Crippen LogP contribution in [-0.2, 0) is 0 Å². The fourth-order valence-electron chi connectivity index (χ4n) is 1.12. The first-order valence-corrected chi connectivity index (χ1v) is 5.10. The average molecular weight is 211 g/mol. The van der Waals surface area contributed by atoms with Crippen LogP contribution in [0.5, 0.6) is 5.75 Å². The zero-order valence-electron chi connectivity index (χ0n) is 6.70. The van der Waals surface area contributed by atoms with E-state index in [0.29, 0.717) is 5.02 Å². The second-order valence-corrected chi connectivity index (χ2v) is 3.87. The molecule has 0 fully saturated rings. The quantitative estimate of drug-likeness (QED) is 0.760. The predicted octanol–water partition coefficient (Wildman–Crippen LogP) is 3.77. The van der Waals surface area contributed by atoms with Crippen LogP contribution in [0.3, 0.4) is 0 Å². The standard InChI is InChI=1S/C10H7ClOS/c11-9-2-1-7(5-10(9)12)8-3-4-13-6-8/h1-6,12H. The van der Waals surface area contributed by atoms with Crippen molar-refractivity contribution < 1.29 is 5.11 Å². The van der Waals surface area contributed by atoms with Gasteiger partial charge in [0, 0.05) is 0 Å². The van der Waals surface area contributed by atoms with Crippen LogP contribution in [0.1, 0.15) is 0 Å². The molecule has 66 valence electrons. The maximum Gasteiger partial charge on any atom is 0.134 e. The van der Waals surface area contributed by atoms with Crippen molar-refractivity contribution in [2.75, 3.05) is 0 Å². The number of thiophene rings is 1. The molecule has 0 saturated heterocycles. The van der Waals surface area contributed by atoms with Crippen molar-refractivity contribution >= 4 is 22.9 Å². The first-order chi connectivity index (χ1) is 6.27. The van der Waals surface area contributed by atoms with Gasteiger partial charge < -0.3 is 5.11 Å². The summed E-state index contributed by atoms with van der Waals surface area (Å²) in [4.78, 5) is 0. The smallest absolute Gasteiger partial charge is 0.134 e. The van der Waals surface area contributed by atoms with Crippen LogP contribution >= 0.6 is 22.9 Å². The van der Waals surface area contributed by atoms with Crippen molar-refractivity contribution in [1.82, 2.24) is 0 Å². The topological polar surface area (TPSA) is 20.2 Å². The zero-order valence-corrected chi connectivity index (χ0v) is 8.27. The molecular weight excluding hydrogens is 204 g/mol. The molecule has 0 amide bonds. The number of hydrogen-bond acceptors (Lipinski definition) is 2. The summed E-state index contributed by atoms with van der Waals surface area (Å²) in [6, 6.07) is 7.27. The van der Waals surface area contributed by atoms with Gasteiger partial charge in [0.25, 0.3) is 0 Å². The largest absolute Gasteiger partial charge is 0.506 e. The third-order valence-electron chi connectivity index (χ3n) is 1.80. The molecule has 0 aliphatic rings. The van der Waals surface area contributed by atoms with E-state index in [1.165, 1.54) is 0 Å². The second-order valence-electron chi connectivity index (χ2n) is 2.68. The third kappa shape index (κ3) is 1.69. The van der Waals surface area contributed by atoms with Crippen molar-refractivity contribution in [2.45, 2.75) is 0 Å². The third-order valence-corrected chi connectivity index (χ3v) is 2.80. The van der Waals surface area contributed by atoms with Crippen LogP contribution in [0.4, 0.5) is 0 Å². The fraction of sp³-hybridized carbons (Fsp3) is 0. The SMILES string of the molecule is Oc1cc(-c2ccsc2)ccc1Cl. The van der Waals surface area contributed by atoms with E-state index in [-0.39, 0.29) is 5.75 Å². The van der Waals surface area contributed by atoms with Gasteiger partial charge in [-0.2, -0.15) is 11.3 Å². The van der Waals surface area contributed by atoms with E-state index in [2.05, 4.69) is 0 Å². The summed E-state index contributed by atoms with van der Waals surface area (Å²) < 4.78 is 0. The van der Waals surface area contributed by atoms with E-state index < -0.39 is 0 Å². The minimum Gasteiger partial charge on any atom is -0.506 e. The van der Waals surface area contributed by atoms with Gasteiger partial charge in [-0.05, 0) is 40.1 Å². The van der Waals surface area contributed by atoms with Crippen LogP contribution in [0.25, 0.3) is 11.1 Å². The summed E-state index contributed by atoms with van der Waals surface area (Å²) >= 11 is 7.32. The Morgan fingerprint density at radius 3 is 2.62 bits per heavy atom. The van der Waals surface area contributed by atoms with Crippen molar-refractivity contribution in [3.8, 4) is 16.9 Å². The van der Waals surface area contributed by atoms with E-state index in [9.17, 15) is 5.11 Å². The Hall–Kier alpha value is -0.990. The van der Waals surface area contributed by atoms with Crippen molar-refractivity contribution in [3.05, 3.63) is 40.0 Å². The zero-order chi connectivity index (χ0) is 9.26. The number of benzene rings is 1. The van der Waals surface area contributed by atoms with Gasteiger partial charge in [0.1, 0.15) is 5.75 Å². The molecule has 13 heavy (non-hydrogen) atoms. The molecule has 0 radical (unpaired) electrons. The van der Waals surface area contributed by atoms with Crippen molar-refractivity contribution in [3.63, 3.8) is 0 Å². The number of phenols is 1. The van der Waals surface area contributed by atoms with Crippen LogP contribution in [0, 0.1) is 0 Å². The Labute approximate surface area is 85.2 Å². The van der Waals surface area contributed by atoms with Gasteiger partial charge in [-0.3, -0.25) is 0 Å². The molecule has 1 N–H and O–H groups in total. The molecule has 0 saturated carbocycles. The van der Waals surface area contributed by atoms with Gasteiger partial charge in [0.05, 0.1) is 5.02 Å². The molecule has 1 nitrogen and oxygen atoms in total. The maximum absolute atomic E-state index is 9.37. The molecule has 2 rings (SSSR count). The summed E-state index contributed by atoms with van der Waals surface area (Å²) in [6.07, 6.45) is 0. The lowest BCUT2D eigenvalue weighted by molar-refractivity contribution is 0.476. The van der Waals surface area contributed by atoms with Gasteiger partial charge in [0.15, 0.2) is 0 Å². The molecule has 3 heteroatoms. The minimum absolute atomic E-state index is 0.130. The Morgan fingerprint density at radius 1 is 1.15 bits per heavy atom. The lowest BCUT2D eigenvalue weighted by Gasteiger charge is -2.00. The van der Waals surface area contributed by atoms with Gasteiger partial charge in [-0.15, -0.1) is 0 Å². The lowest BCUT2D eigenvalue weighted by Crippen LogP contribution is -1.73. The highest BCUT2D eigenvalue weighted by atomic mass is 35.5. The van der Waals surface area contributed by atoms with Crippen LogP contribution in [0.15, 0.2) is 35.0 Å². The van der Waals surface area contributed by atoms with Gasteiger partial charge in [0.2, 0.25) is 0 Å². The summed E-state index contributed by atoms with van der Waals surface area (Å²) in [6.45, 7) is 0. The van der Waals surface area contributed by atoms with Gasteiger partial charge >= 0.3 is 0 Å². The highest BCUT2D eigenvalue weighted by Gasteiger charge is 2.01. The van der Waals surface area contributed by atoms with E-state index in [0.717, 1.165) is 11.1 Å². The Balaban J connectivity index is 2.49. The molecular formula is C10H7ClOS. The molecule has 0 unspecified atom stereocenters. The molecule has 2 aromatic rings. The summed E-state index contributed by atoms with van der Waals surface area (Å²) in [5.74, 6) is 0.130. The number of hydrogen-bond donors (Lipinski definition) is 1. The average Bonchev–Trinajstić information content (AvgIpc) is 2.62. The highest BCUT2D eigenvalue weighted by Crippen LogP contribution is 2.30. The maximum atomic E-state index is 9.37. The number of rotatable bonds is 1. The summed E-state index contributed by atoms with van der Waals surface area (Å²) in [7, 11) is 0. The summed E-state index contributed by atoms with van der Waals surface area (Å²) in [5, 5.41) is 13.8. The molecule has 0 bridgehead atoms. The Bertz CT molecular complexity index is 409. The molecule has 0 aliphatic heterocycles. The van der Waals surface area contributed by atoms with Crippen molar-refractivity contribution in [1.29, 1.82) is 0 Å². The molecule has 1 aromatic carbocycles. The van der Waals surface area contributed by atoms with Crippen LogP contribution in [0.2, 0.25) is 5.02 Å². The Morgan fingerprint density at radius 2 is 2.00 bits per heavy atom. The number of halogens is 1. The number of aromatic hydroxyl groups is 1. The molecule has 0 spiro atoms. The van der Waals surface area contributed by atoms with E-state index in [1.807, 2.05) is 22.9 Å². The second kappa shape index (κ2) is 3.40.